The van der Waals surface area contributed by atoms with Crippen LogP contribution >= 0.6 is 15.9 Å². The lowest BCUT2D eigenvalue weighted by molar-refractivity contribution is 0.0624. The first-order valence-electron chi connectivity index (χ1n) is 10.1. The number of nitrogens with zero attached hydrogens (tertiary/aromatic N) is 3. The highest BCUT2D eigenvalue weighted by Crippen LogP contribution is 2.25. The van der Waals surface area contributed by atoms with Gasteiger partial charge in [0, 0.05) is 58.7 Å². The highest BCUT2D eigenvalue weighted by atomic mass is 79.9. The van der Waals surface area contributed by atoms with Gasteiger partial charge in [0.15, 0.2) is 5.78 Å². The van der Waals surface area contributed by atoms with Crippen molar-refractivity contribution in [3.8, 4) is 0 Å². The Bertz CT molecular complexity index is 919. The Hall–Kier alpha value is -1.92. The molecular weight excluding hydrogens is 430 g/mol. The number of carbonyl (C=O) groups is 2. The van der Waals surface area contributed by atoms with Gasteiger partial charge < -0.3 is 9.47 Å². The number of halogens is 1. The molecule has 1 aliphatic rings. The van der Waals surface area contributed by atoms with Crippen LogP contribution in [-0.4, -0.2) is 58.8 Å². The van der Waals surface area contributed by atoms with Crippen molar-refractivity contribution in [3.63, 3.8) is 0 Å². The Kier molecular flexibility index (Phi) is 6.34. The van der Waals surface area contributed by atoms with Gasteiger partial charge in [0.25, 0.3) is 5.91 Å². The van der Waals surface area contributed by atoms with E-state index in [1.54, 1.807) is 0 Å². The number of amides is 1. The third-order valence-corrected chi connectivity index (χ3v) is 5.99. The van der Waals surface area contributed by atoms with E-state index in [1.807, 2.05) is 42.2 Å². The van der Waals surface area contributed by atoms with Gasteiger partial charge in [0.05, 0.1) is 6.54 Å². The molecule has 0 radical (unpaired) electrons. The molecule has 3 rings (SSSR count). The largest absolute Gasteiger partial charge is 0.343 e. The van der Waals surface area contributed by atoms with Gasteiger partial charge in [-0.05, 0) is 58.9 Å². The highest BCUT2D eigenvalue weighted by Gasteiger charge is 2.26. The Balaban J connectivity index is 1.61. The van der Waals surface area contributed by atoms with E-state index in [1.165, 1.54) is 0 Å². The average Bonchev–Trinajstić information content (AvgIpc) is 2.96. The van der Waals surface area contributed by atoms with Gasteiger partial charge in [-0.25, -0.2) is 0 Å². The molecule has 1 aromatic heterocycles. The highest BCUT2D eigenvalue weighted by molar-refractivity contribution is 9.10. The van der Waals surface area contributed by atoms with Crippen molar-refractivity contribution in [3.05, 3.63) is 57.3 Å². The van der Waals surface area contributed by atoms with Crippen LogP contribution in [0.3, 0.4) is 0 Å². The smallest absolute Gasteiger partial charge is 0.253 e. The van der Waals surface area contributed by atoms with E-state index in [0.29, 0.717) is 38.3 Å². The molecule has 6 heteroatoms. The Morgan fingerprint density at radius 1 is 1.03 bits per heavy atom. The molecular formula is C23H30BrN3O2. The Morgan fingerprint density at radius 2 is 1.69 bits per heavy atom. The maximum Gasteiger partial charge on any atom is 0.253 e. The first-order valence-corrected chi connectivity index (χ1v) is 10.9. The predicted molar refractivity (Wildman–Crippen MR) is 120 cm³/mol. The minimum atomic E-state index is -0.0505. The molecule has 2 heterocycles. The number of ketones is 1. The van der Waals surface area contributed by atoms with Crippen LogP contribution in [0, 0.1) is 13.8 Å². The minimum Gasteiger partial charge on any atom is -0.343 e. The second kappa shape index (κ2) is 8.44. The number of piperazine rings is 1. The summed E-state index contributed by atoms with van der Waals surface area (Å²) in [7, 11) is 0. The second-order valence-corrected chi connectivity index (χ2v) is 9.71. The van der Waals surface area contributed by atoms with Crippen LogP contribution in [0.5, 0.6) is 0 Å². The fourth-order valence-electron chi connectivity index (χ4n) is 4.28. The summed E-state index contributed by atoms with van der Waals surface area (Å²) < 4.78 is 3.13. The van der Waals surface area contributed by atoms with Crippen LogP contribution in [0.1, 0.15) is 52.9 Å². The molecule has 0 unspecified atom stereocenters. The molecule has 1 fully saturated rings. The fourth-order valence-corrected chi connectivity index (χ4v) is 4.68. The van der Waals surface area contributed by atoms with Crippen LogP contribution in [-0.2, 0) is 5.54 Å². The van der Waals surface area contributed by atoms with Crippen molar-refractivity contribution in [2.75, 3.05) is 32.7 Å². The number of benzene rings is 1. The van der Waals surface area contributed by atoms with E-state index >= 15 is 0 Å². The lowest BCUT2D eigenvalue weighted by Gasteiger charge is -2.34. The van der Waals surface area contributed by atoms with Crippen LogP contribution in [0.2, 0.25) is 0 Å². The molecule has 1 aliphatic heterocycles. The van der Waals surface area contributed by atoms with Crippen molar-refractivity contribution < 1.29 is 9.59 Å². The van der Waals surface area contributed by atoms with Crippen LogP contribution in [0.15, 0.2) is 34.8 Å². The Labute approximate surface area is 181 Å². The van der Waals surface area contributed by atoms with Crippen molar-refractivity contribution in [2.45, 2.75) is 40.2 Å². The van der Waals surface area contributed by atoms with E-state index in [9.17, 15) is 9.59 Å². The number of Topliss-reactive ketones (excluding diaryl/α,β-unsaturated/α-hetero) is 1. The normalized spacial score (nSPS) is 15.6. The lowest BCUT2D eigenvalue weighted by atomic mass is 10.1. The summed E-state index contributed by atoms with van der Waals surface area (Å²) in [5.41, 5.74) is 3.60. The number of carbonyl (C=O) groups excluding carboxylic acids is 2. The summed E-state index contributed by atoms with van der Waals surface area (Å²) in [4.78, 5) is 29.7. The second-order valence-electron chi connectivity index (χ2n) is 8.79. The SMILES string of the molecule is Cc1cc(C(=O)CN2CCN(C(=O)c3cccc(Br)c3)CC2)c(C)n1C(C)(C)C. The predicted octanol–water partition coefficient (Wildman–Crippen LogP) is 4.26. The van der Waals surface area contributed by atoms with Crippen molar-refractivity contribution >= 4 is 27.6 Å². The van der Waals surface area contributed by atoms with E-state index < -0.39 is 0 Å². The molecule has 29 heavy (non-hydrogen) atoms. The molecule has 156 valence electrons. The third-order valence-electron chi connectivity index (χ3n) is 5.50. The standard InChI is InChI=1S/C23H30BrN3O2/c1-16-13-20(17(2)27(16)23(3,4)5)21(28)15-25-9-11-26(12-10-25)22(29)18-7-6-8-19(24)14-18/h6-8,13-14H,9-12,15H2,1-5H3. The van der Waals surface area contributed by atoms with Gasteiger partial charge in [0.1, 0.15) is 0 Å². The summed E-state index contributed by atoms with van der Waals surface area (Å²) in [5.74, 6) is 0.200. The lowest BCUT2D eigenvalue weighted by Crippen LogP contribution is -2.49. The summed E-state index contributed by atoms with van der Waals surface area (Å²) in [6.07, 6.45) is 0. The zero-order valence-corrected chi connectivity index (χ0v) is 19.5. The van der Waals surface area contributed by atoms with Gasteiger partial charge in [0.2, 0.25) is 0 Å². The summed E-state index contributed by atoms with van der Waals surface area (Å²) >= 11 is 3.42. The molecule has 0 atom stereocenters. The number of rotatable bonds is 4. The molecule has 0 N–H and O–H groups in total. The molecule has 1 amide bonds. The third kappa shape index (κ3) is 4.81. The zero-order chi connectivity index (χ0) is 21.3. The van der Waals surface area contributed by atoms with Crippen molar-refractivity contribution in [2.24, 2.45) is 0 Å². The fraction of sp³-hybridized carbons (Fsp3) is 0.478. The Morgan fingerprint density at radius 3 is 2.24 bits per heavy atom. The van der Waals surface area contributed by atoms with Crippen LogP contribution < -0.4 is 0 Å². The van der Waals surface area contributed by atoms with E-state index in [-0.39, 0.29) is 17.2 Å². The number of aryl methyl sites for hydroxylation is 1. The monoisotopic (exact) mass is 459 g/mol. The topological polar surface area (TPSA) is 45.6 Å². The average molecular weight is 460 g/mol. The number of hydrogen-bond acceptors (Lipinski definition) is 3. The van der Waals surface area contributed by atoms with Crippen LogP contribution in [0.4, 0.5) is 0 Å². The first-order chi connectivity index (χ1) is 13.6. The van der Waals surface area contributed by atoms with Crippen molar-refractivity contribution in [1.29, 1.82) is 0 Å². The molecule has 1 aromatic carbocycles. The molecule has 1 saturated heterocycles. The molecule has 0 bridgehead atoms. The van der Waals surface area contributed by atoms with Gasteiger partial charge in [-0.15, -0.1) is 0 Å². The van der Waals surface area contributed by atoms with Crippen LogP contribution in [0.25, 0.3) is 0 Å². The number of hydrogen-bond donors (Lipinski definition) is 0. The molecule has 2 aromatic rings. The molecule has 0 saturated carbocycles. The molecule has 0 aliphatic carbocycles. The first kappa shape index (κ1) is 21.8. The zero-order valence-electron chi connectivity index (χ0n) is 18.0. The van der Waals surface area contributed by atoms with Crippen molar-refractivity contribution in [1.82, 2.24) is 14.4 Å². The van der Waals surface area contributed by atoms with Gasteiger partial charge in [-0.3, -0.25) is 14.5 Å². The van der Waals surface area contributed by atoms with E-state index in [0.717, 1.165) is 21.4 Å². The van der Waals surface area contributed by atoms with E-state index in [4.69, 9.17) is 0 Å². The minimum absolute atomic E-state index is 0.0472. The van der Waals surface area contributed by atoms with Gasteiger partial charge in [-0.1, -0.05) is 22.0 Å². The van der Waals surface area contributed by atoms with Gasteiger partial charge in [-0.2, -0.15) is 0 Å². The summed E-state index contributed by atoms with van der Waals surface area (Å²) in [6, 6.07) is 9.49. The summed E-state index contributed by atoms with van der Waals surface area (Å²) in [6.45, 7) is 13.6. The quantitative estimate of drug-likeness (QED) is 0.641. The molecule has 0 spiro atoms. The van der Waals surface area contributed by atoms with Gasteiger partial charge >= 0.3 is 0 Å². The maximum atomic E-state index is 13.0. The summed E-state index contributed by atoms with van der Waals surface area (Å²) in [5, 5.41) is 0. The molecule has 5 nitrogen and oxygen atoms in total. The van der Waals surface area contributed by atoms with E-state index in [2.05, 4.69) is 53.1 Å². The maximum absolute atomic E-state index is 13.0. The number of aromatic nitrogens is 1.